The predicted molar refractivity (Wildman–Crippen MR) is 65.0 cm³/mol. The van der Waals surface area contributed by atoms with Crippen LogP contribution in [0.4, 0.5) is 0 Å². The molecule has 0 spiro atoms. The number of nitrogens with zero attached hydrogens (tertiary/aromatic N) is 2. The standard InChI is InChI=1S/C12H11ClN2O2/c1-15(2)12(16)10-11(17-7-14-10)8-3-5-9(13)6-4-8/h3-7H,1-2H3. The Kier molecular flexibility index (Phi) is 3.15. The summed E-state index contributed by atoms with van der Waals surface area (Å²) in [7, 11) is 3.34. The van der Waals surface area contributed by atoms with Crippen molar-refractivity contribution >= 4 is 17.5 Å². The van der Waals surface area contributed by atoms with Crippen LogP contribution in [0.2, 0.25) is 5.02 Å². The van der Waals surface area contributed by atoms with Gasteiger partial charge in [-0.05, 0) is 24.3 Å². The zero-order valence-electron chi connectivity index (χ0n) is 9.48. The summed E-state index contributed by atoms with van der Waals surface area (Å²) in [6.45, 7) is 0. The quantitative estimate of drug-likeness (QED) is 0.823. The lowest BCUT2D eigenvalue weighted by atomic mass is 10.1. The van der Waals surface area contributed by atoms with E-state index >= 15 is 0 Å². The first kappa shape index (κ1) is 11.7. The molecule has 1 heterocycles. The Labute approximate surface area is 104 Å². The Bertz CT molecular complexity index is 532. The van der Waals surface area contributed by atoms with E-state index in [9.17, 15) is 4.79 Å². The van der Waals surface area contributed by atoms with Crippen LogP contribution in [-0.2, 0) is 0 Å². The molecule has 0 N–H and O–H groups in total. The van der Waals surface area contributed by atoms with Crippen molar-refractivity contribution in [1.29, 1.82) is 0 Å². The summed E-state index contributed by atoms with van der Waals surface area (Å²) in [6, 6.07) is 7.05. The molecule has 0 saturated carbocycles. The topological polar surface area (TPSA) is 46.3 Å². The van der Waals surface area contributed by atoms with Crippen molar-refractivity contribution in [1.82, 2.24) is 9.88 Å². The first-order chi connectivity index (χ1) is 8.09. The second kappa shape index (κ2) is 4.59. The van der Waals surface area contributed by atoms with Gasteiger partial charge in [0.25, 0.3) is 5.91 Å². The summed E-state index contributed by atoms with van der Waals surface area (Å²) in [6.07, 6.45) is 1.26. The minimum Gasteiger partial charge on any atom is -0.443 e. The second-order valence-corrected chi connectivity index (χ2v) is 4.17. The minimum absolute atomic E-state index is 0.191. The monoisotopic (exact) mass is 250 g/mol. The maximum atomic E-state index is 11.8. The maximum Gasteiger partial charge on any atom is 0.275 e. The highest BCUT2D eigenvalue weighted by Gasteiger charge is 2.19. The lowest BCUT2D eigenvalue weighted by molar-refractivity contribution is 0.0823. The van der Waals surface area contributed by atoms with Crippen molar-refractivity contribution in [3.8, 4) is 11.3 Å². The van der Waals surface area contributed by atoms with Gasteiger partial charge >= 0.3 is 0 Å². The smallest absolute Gasteiger partial charge is 0.275 e. The average molecular weight is 251 g/mol. The number of amides is 1. The third-order valence-electron chi connectivity index (χ3n) is 2.28. The molecule has 0 aliphatic heterocycles. The predicted octanol–water partition coefficient (Wildman–Crippen LogP) is 2.70. The SMILES string of the molecule is CN(C)C(=O)c1ncoc1-c1ccc(Cl)cc1. The Morgan fingerprint density at radius 1 is 1.29 bits per heavy atom. The van der Waals surface area contributed by atoms with E-state index in [-0.39, 0.29) is 5.91 Å². The van der Waals surface area contributed by atoms with Gasteiger partial charge in [-0.15, -0.1) is 0 Å². The fourth-order valence-corrected chi connectivity index (χ4v) is 1.54. The number of halogens is 1. The molecular formula is C12H11ClN2O2. The van der Waals surface area contributed by atoms with Crippen LogP contribution in [0.25, 0.3) is 11.3 Å². The molecule has 0 bridgehead atoms. The molecule has 17 heavy (non-hydrogen) atoms. The molecule has 1 aromatic heterocycles. The van der Waals surface area contributed by atoms with Crippen LogP contribution in [0.1, 0.15) is 10.5 Å². The normalized spacial score (nSPS) is 10.3. The van der Waals surface area contributed by atoms with Crippen molar-refractivity contribution in [3.63, 3.8) is 0 Å². The van der Waals surface area contributed by atoms with E-state index in [1.165, 1.54) is 11.3 Å². The van der Waals surface area contributed by atoms with Gasteiger partial charge in [-0.3, -0.25) is 4.79 Å². The molecule has 0 aliphatic rings. The van der Waals surface area contributed by atoms with Gasteiger partial charge in [-0.1, -0.05) is 11.6 Å². The van der Waals surface area contributed by atoms with E-state index in [0.717, 1.165) is 5.56 Å². The minimum atomic E-state index is -0.191. The number of aromatic nitrogens is 1. The molecule has 2 rings (SSSR count). The summed E-state index contributed by atoms with van der Waals surface area (Å²) < 4.78 is 5.26. The molecule has 0 radical (unpaired) electrons. The zero-order chi connectivity index (χ0) is 12.4. The number of rotatable bonds is 2. The van der Waals surface area contributed by atoms with Crippen LogP contribution >= 0.6 is 11.6 Å². The highest BCUT2D eigenvalue weighted by Crippen LogP contribution is 2.25. The number of benzene rings is 1. The van der Waals surface area contributed by atoms with Gasteiger partial charge in [-0.2, -0.15) is 0 Å². The molecule has 0 saturated heterocycles. The van der Waals surface area contributed by atoms with Crippen molar-refractivity contribution in [3.05, 3.63) is 41.4 Å². The molecule has 0 aliphatic carbocycles. The van der Waals surface area contributed by atoms with Crippen molar-refractivity contribution in [2.75, 3.05) is 14.1 Å². The fourth-order valence-electron chi connectivity index (χ4n) is 1.42. The molecule has 0 atom stereocenters. The van der Waals surface area contributed by atoms with Crippen LogP contribution in [0, 0.1) is 0 Å². The van der Waals surface area contributed by atoms with Crippen LogP contribution < -0.4 is 0 Å². The van der Waals surface area contributed by atoms with E-state index in [2.05, 4.69) is 4.98 Å². The van der Waals surface area contributed by atoms with Crippen molar-refractivity contribution in [2.45, 2.75) is 0 Å². The second-order valence-electron chi connectivity index (χ2n) is 3.74. The van der Waals surface area contributed by atoms with E-state index in [4.69, 9.17) is 16.0 Å². The molecule has 0 fully saturated rings. The molecule has 2 aromatic rings. The molecule has 4 nitrogen and oxygen atoms in total. The zero-order valence-corrected chi connectivity index (χ0v) is 10.2. The summed E-state index contributed by atoms with van der Waals surface area (Å²) in [5.41, 5.74) is 1.08. The number of oxazole rings is 1. The molecule has 0 unspecified atom stereocenters. The summed E-state index contributed by atoms with van der Waals surface area (Å²) >= 11 is 5.80. The number of hydrogen-bond donors (Lipinski definition) is 0. The van der Waals surface area contributed by atoms with Crippen LogP contribution in [-0.4, -0.2) is 29.9 Å². The summed E-state index contributed by atoms with van der Waals surface area (Å²) in [5, 5.41) is 0.633. The lowest BCUT2D eigenvalue weighted by Gasteiger charge is -2.08. The Morgan fingerprint density at radius 2 is 1.94 bits per heavy atom. The van der Waals surface area contributed by atoms with Crippen LogP contribution in [0.3, 0.4) is 0 Å². The van der Waals surface area contributed by atoms with E-state index in [0.29, 0.717) is 16.5 Å². The van der Waals surface area contributed by atoms with E-state index in [1.807, 2.05) is 0 Å². The van der Waals surface area contributed by atoms with Gasteiger partial charge in [-0.25, -0.2) is 4.98 Å². The molecule has 1 aromatic carbocycles. The summed E-state index contributed by atoms with van der Waals surface area (Å²) in [5.74, 6) is 0.268. The Hall–Kier alpha value is -1.81. The Balaban J connectivity index is 2.43. The van der Waals surface area contributed by atoms with Gasteiger partial charge < -0.3 is 9.32 Å². The van der Waals surface area contributed by atoms with Gasteiger partial charge in [0.1, 0.15) is 0 Å². The van der Waals surface area contributed by atoms with Gasteiger partial charge in [0.2, 0.25) is 0 Å². The highest BCUT2D eigenvalue weighted by atomic mass is 35.5. The molecule has 5 heteroatoms. The van der Waals surface area contributed by atoms with Crippen molar-refractivity contribution < 1.29 is 9.21 Å². The van der Waals surface area contributed by atoms with E-state index in [1.54, 1.807) is 38.4 Å². The first-order valence-electron chi connectivity index (χ1n) is 5.00. The van der Waals surface area contributed by atoms with Gasteiger partial charge in [0.15, 0.2) is 17.8 Å². The number of carbonyl (C=O) groups excluding carboxylic acids is 1. The molecule has 1 amide bonds. The number of hydrogen-bond acceptors (Lipinski definition) is 3. The van der Waals surface area contributed by atoms with Gasteiger partial charge in [0, 0.05) is 24.7 Å². The van der Waals surface area contributed by atoms with Crippen LogP contribution in [0.15, 0.2) is 35.1 Å². The van der Waals surface area contributed by atoms with Crippen molar-refractivity contribution in [2.24, 2.45) is 0 Å². The third kappa shape index (κ3) is 2.31. The summed E-state index contributed by atoms with van der Waals surface area (Å²) in [4.78, 5) is 17.2. The largest absolute Gasteiger partial charge is 0.443 e. The van der Waals surface area contributed by atoms with E-state index < -0.39 is 0 Å². The lowest BCUT2D eigenvalue weighted by Crippen LogP contribution is -2.22. The fraction of sp³-hybridized carbons (Fsp3) is 0.167. The molecule has 88 valence electrons. The third-order valence-corrected chi connectivity index (χ3v) is 2.53. The first-order valence-corrected chi connectivity index (χ1v) is 5.38. The average Bonchev–Trinajstić information content (AvgIpc) is 2.77. The number of carbonyl (C=O) groups is 1. The molecular weight excluding hydrogens is 240 g/mol. The maximum absolute atomic E-state index is 11.8. The van der Waals surface area contributed by atoms with Gasteiger partial charge in [0.05, 0.1) is 0 Å². The van der Waals surface area contributed by atoms with Crippen LogP contribution in [0.5, 0.6) is 0 Å². The Morgan fingerprint density at radius 3 is 2.53 bits per heavy atom. The highest BCUT2D eigenvalue weighted by molar-refractivity contribution is 6.30.